The molecule has 0 saturated carbocycles. The molecule has 0 spiro atoms. The number of rotatable bonds is 3. The summed E-state index contributed by atoms with van der Waals surface area (Å²) in [6.45, 7) is 0. The average molecular weight is 353 g/mol. The Morgan fingerprint density at radius 2 is 1.43 bits per heavy atom. The van der Waals surface area contributed by atoms with E-state index in [1.165, 1.54) is 48.5 Å². The van der Waals surface area contributed by atoms with Crippen LogP contribution in [0.15, 0.2) is 63.3 Å². The number of nitrogens with two attached hydrogens (primary N) is 2. The molecule has 0 heterocycles. The number of hydrogen-bond acceptors (Lipinski definition) is 3. The Kier molecular flexibility index (Phi) is 4.87. The number of hydrogen-bond donors (Lipinski definition) is 3. The van der Waals surface area contributed by atoms with Crippen LogP contribution in [0, 0.1) is 0 Å². The third-order valence-electron chi connectivity index (χ3n) is 2.77. The van der Waals surface area contributed by atoms with Crippen molar-refractivity contribution >= 4 is 39.1 Å². The normalized spacial score (nSPS) is 10.8. The lowest BCUT2D eigenvalue weighted by Crippen LogP contribution is -2.25. The molecule has 0 unspecified atom stereocenters. The fraction of sp³-hybridized carbons (Fsp3) is 0. The molecular weight excluding hydrogens is 340 g/mol. The van der Waals surface area contributed by atoms with Crippen LogP contribution in [-0.2, 0) is 9.84 Å². The standard InChI is InChI=1S/C14H13ClN4O3S/c15-9-1-5-11(6-2-9)23(21,22)12-7-3-10(4-8-12)18-14(20)19-13(16)17/h1-8H,(H5,16,17,18,19,20). The van der Waals surface area contributed by atoms with Crippen molar-refractivity contribution < 1.29 is 13.2 Å². The third-order valence-corrected chi connectivity index (χ3v) is 4.81. The summed E-state index contributed by atoms with van der Waals surface area (Å²) in [5, 5.41) is 2.85. The van der Waals surface area contributed by atoms with Gasteiger partial charge in [-0.25, -0.2) is 13.2 Å². The van der Waals surface area contributed by atoms with Crippen LogP contribution in [0.3, 0.4) is 0 Å². The zero-order chi connectivity index (χ0) is 17.0. The lowest BCUT2D eigenvalue weighted by molar-refractivity contribution is 0.259. The number of guanidine groups is 1. The summed E-state index contributed by atoms with van der Waals surface area (Å²) in [6.07, 6.45) is 0. The van der Waals surface area contributed by atoms with Gasteiger partial charge < -0.3 is 16.8 Å². The van der Waals surface area contributed by atoms with Crippen molar-refractivity contribution in [3.63, 3.8) is 0 Å². The van der Waals surface area contributed by atoms with Crippen molar-refractivity contribution in [3.05, 3.63) is 53.6 Å². The molecule has 0 aromatic heterocycles. The Morgan fingerprint density at radius 3 is 1.91 bits per heavy atom. The molecule has 0 aliphatic carbocycles. The number of carbonyl (C=O) groups is 1. The van der Waals surface area contributed by atoms with Gasteiger partial charge in [0.15, 0.2) is 5.96 Å². The van der Waals surface area contributed by atoms with Crippen LogP contribution < -0.4 is 16.8 Å². The van der Waals surface area contributed by atoms with Crippen molar-refractivity contribution in [1.29, 1.82) is 0 Å². The van der Waals surface area contributed by atoms with E-state index in [1.54, 1.807) is 0 Å². The second kappa shape index (κ2) is 6.67. The van der Waals surface area contributed by atoms with Crippen LogP contribution in [0.5, 0.6) is 0 Å². The molecule has 2 aromatic carbocycles. The van der Waals surface area contributed by atoms with Gasteiger partial charge in [-0.3, -0.25) is 0 Å². The Labute approximate surface area is 137 Å². The minimum absolute atomic E-state index is 0.0830. The quantitative estimate of drug-likeness (QED) is 0.574. The molecule has 0 fully saturated rings. The molecule has 0 radical (unpaired) electrons. The maximum atomic E-state index is 12.4. The van der Waals surface area contributed by atoms with Crippen LogP contribution in [-0.4, -0.2) is 20.4 Å². The number of urea groups is 1. The summed E-state index contributed by atoms with van der Waals surface area (Å²) in [5.74, 6) is -0.371. The van der Waals surface area contributed by atoms with Crippen molar-refractivity contribution in [2.24, 2.45) is 16.5 Å². The van der Waals surface area contributed by atoms with E-state index >= 15 is 0 Å². The van der Waals surface area contributed by atoms with Gasteiger partial charge in [-0.15, -0.1) is 0 Å². The molecular formula is C14H13ClN4O3S. The van der Waals surface area contributed by atoms with Crippen LogP contribution in [0.2, 0.25) is 5.02 Å². The SMILES string of the molecule is NC(N)=NC(=O)Nc1ccc(S(=O)(=O)c2ccc(Cl)cc2)cc1. The Bertz CT molecular complexity index is 843. The molecule has 2 amide bonds. The number of halogens is 1. The highest BCUT2D eigenvalue weighted by atomic mass is 35.5. The molecule has 0 saturated heterocycles. The predicted octanol–water partition coefficient (Wildman–Crippen LogP) is 1.98. The predicted molar refractivity (Wildman–Crippen MR) is 88.2 cm³/mol. The molecule has 23 heavy (non-hydrogen) atoms. The zero-order valence-corrected chi connectivity index (χ0v) is 13.3. The van der Waals surface area contributed by atoms with E-state index in [2.05, 4.69) is 10.3 Å². The lowest BCUT2D eigenvalue weighted by atomic mass is 10.3. The van der Waals surface area contributed by atoms with Gasteiger partial charge >= 0.3 is 6.03 Å². The van der Waals surface area contributed by atoms with Crippen molar-refractivity contribution in [3.8, 4) is 0 Å². The fourth-order valence-corrected chi connectivity index (χ4v) is 3.12. The second-order valence-corrected chi connectivity index (χ2v) is 6.83. The highest BCUT2D eigenvalue weighted by molar-refractivity contribution is 7.91. The number of amides is 2. The van der Waals surface area contributed by atoms with Crippen molar-refractivity contribution in [1.82, 2.24) is 0 Å². The molecule has 0 aliphatic rings. The maximum absolute atomic E-state index is 12.4. The summed E-state index contributed by atoms with van der Waals surface area (Å²) in [6, 6.07) is 10.7. The summed E-state index contributed by atoms with van der Waals surface area (Å²) < 4.78 is 24.9. The highest BCUT2D eigenvalue weighted by Gasteiger charge is 2.17. The summed E-state index contributed by atoms with van der Waals surface area (Å²) in [4.78, 5) is 14.9. The number of carbonyl (C=O) groups excluding carboxylic acids is 1. The topological polar surface area (TPSA) is 128 Å². The Hall–Kier alpha value is -2.58. The van der Waals surface area contributed by atoms with Crippen molar-refractivity contribution in [2.75, 3.05) is 5.32 Å². The minimum Gasteiger partial charge on any atom is -0.370 e. The molecule has 0 aliphatic heterocycles. The lowest BCUT2D eigenvalue weighted by Gasteiger charge is -2.06. The molecule has 7 nitrogen and oxygen atoms in total. The van der Waals surface area contributed by atoms with E-state index in [9.17, 15) is 13.2 Å². The molecule has 0 bridgehead atoms. The van der Waals surface area contributed by atoms with Crippen LogP contribution in [0.1, 0.15) is 0 Å². The van der Waals surface area contributed by atoms with E-state index in [0.717, 1.165) is 0 Å². The number of sulfone groups is 1. The van der Waals surface area contributed by atoms with Crippen LogP contribution in [0.25, 0.3) is 0 Å². The Balaban J connectivity index is 2.23. The van der Waals surface area contributed by atoms with E-state index in [4.69, 9.17) is 23.1 Å². The summed E-state index contributed by atoms with van der Waals surface area (Å²) >= 11 is 5.75. The largest absolute Gasteiger partial charge is 0.370 e. The van der Waals surface area contributed by atoms with E-state index in [1.807, 2.05) is 0 Å². The average Bonchev–Trinajstić information content (AvgIpc) is 2.47. The first-order valence-electron chi connectivity index (χ1n) is 6.30. The van der Waals surface area contributed by atoms with Gasteiger partial charge in [-0.05, 0) is 48.5 Å². The smallest absolute Gasteiger partial charge is 0.348 e. The number of anilines is 1. The fourth-order valence-electron chi connectivity index (χ4n) is 1.74. The van der Waals surface area contributed by atoms with Crippen LogP contribution in [0.4, 0.5) is 10.5 Å². The van der Waals surface area contributed by atoms with Crippen molar-refractivity contribution in [2.45, 2.75) is 9.79 Å². The van der Waals surface area contributed by atoms with E-state index in [-0.39, 0.29) is 15.8 Å². The van der Waals surface area contributed by atoms with E-state index < -0.39 is 15.9 Å². The number of nitrogens with one attached hydrogen (secondary N) is 1. The molecule has 2 aromatic rings. The monoisotopic (exact) mass is 352 g/mol. The first-order chi connectivity index (χ1) is 10.8. The van der Waals surface area contributed by atoms with Gasteiger partial charge in [0.05, 0.1) is 9.79 Å². The molecule has 9 heteroatoms. The maximum Gasteiger partial charge on any atom is 0.348 e. The number of aliphatic imine (C=N–C) groups is 1. The summed E-state index contributed by atoms with van der Waals surface area (Å²) in [7, 11) is -3.66. The molecule has 0 atom stereocenters. The molecule has 5 N–H and O–H groups in total. The Morgan fingerprint density at radius 1 is 0.957 bits per heavy atom. The molecule has 120 valence electrons. The first-order valence-corrected chi connectivity index (χ1v) is 8.16. The number of nitrogens with zero attached hydrogens (tertiary/aromatic N) is 1. The highest BCUT2D eigenvalue weighted by Crippen LogP contribution is 2.23. The van der Waals surface area contributed by atoms with Gasteiger partial charge in [0.25, 0.3) is 0 Å². The third kappa shape index (κ3) is 4.21. The minimum atomic E-state index is -3.66. The molecule has 2 rings (SSSR count). The second-order valence-electron chi connectivity index (χ2n) is 4.45. The zero-order valence-electron chi connectivity index (χ0n) is 11.7. The van der Waals surface area contributed by atoms with Gasteiger partial charge in [0.1, 0.15) is 0 Å². The van der Waals surface area contributed by atoms with Crippen LogP contribution >= 0.6 is 11.6 Å². The van der Waals surface area contributed by atoms with Gasteiger partial charge in [-0.2, -0.15) is 4.99 Å². The number of benzene rings is 2. The van der Waals surface area contributed by atoms with Gasteiger partial charge in [0.2, 0.25) is 9.84 Å². The first kappa shape index (κ1) is 16.8. The van der Waals surface area contributed by atoms with E-state index in [0.29, 0.717) is 10.7 Å². The summed E-state index contributed by atoms with van der Waals surface area (Å²) in [5.41, 5.74) is 10.5. The van der Waals surface area contributed by atoms with Gasteiger partial charge in [-0.1, -0.05) is 11.6 Å². The van der Waals surface area contributed by atoms with Gasteiger partial charge in [0, 0.05) is 10.7 Å².